The zero-order valence-corrected chi connectivity index (χ0v) is 17.8. The number of pyridine rings is 1. The minimum Gasteiger partial charge on any atom is -0.354 e. The van der Waals surface area contributed by atoms with E-state index in [1.807, 2.05) is 61.5 Å². The second-order valence-electron chi connectivity index (χ2n) is 7.70. The maximum Gasteiger partial charge on any atom is 0.318 e. The predicted octanol–water partition coefficient (Wildman–Crippen LogP) is 2.27. The third-order valence-electron chi connectivity index (χ3n) is 5.33. The van der Waals surface area contributed by atoms with Gasteiger partial charge < -0.3 is 5.32 Å². The summed E-state index contributed by atoms with van der Waals surface area (Å²) < 4.78 is 2.56. The van der Waals surface area contributed by atoms with E-state index in [1.54, 1.807) is 18.3 Å². The van der Waals surface area contributed by atoms with E-state index in [-0.39, 0.29) is 19.0 Å². The minimum atomic E-state index is -0.741. The zero-order chi connectivity index (χ0) is 22.5. The van der Waals surface area contributed by atoms with E-state index in [1.165, 1.54) is 14.7 Å². The highest BCUT2D eigenvalue weighted by Crippen LogP contribution is 2.10. The Bertz CT molecular complexity index is 1360. The number of benzene rings is 2. The van der Waals surface area contributed by atoms with Gasteiger partial charge in [0.15, 0.2) is 5.65 Å². The van der Waals surface area contributed by atoms with E-state index in [0.29, 0.717) is 24.1 Å². The minimum absolute atomic E-state index is 0.228. The first-order chi connectivity index (χ1) is 15.5. The maximum absolute atomic E-state index is 12.9. The van der Waals surface area contributed by atoms with Gasteiger partial charge in [-0.05, 0) is 36.6 Å². The monoisotopic (exact) mass is 428 g/mol. The molecular formula is C25H24N4O3. The van der Waals surface area contributed by atoms with Crippen molar-refractivity contribution in [2.45, 2.75) is 26.4 Å². The van der Waals surface area contributed by atoms with Gasteiger partial charge >= 0.3 is 11.1 Å². The number of carbonyl (C=O) groups is 1. The van der Waals surface area contributed by atoms with Gasteiger partial charge in [0.05, 0.1) is 12.1 Å². The molecule has 7 nitrogen and oxygen atoms in total. The summed E-state index contributed by atoms with van der Waals surface area (Å²) in [6.07, 6.45) is 2.25. The Hall–Kier alpha value is -4.00. The molecule has 0 spiro atoms. The fourth-order valence-corrected chi connectivity index (χ4v) is 3.61. The molecule has 4 rings (SSSR count). The van der Waals surface area contributed by atoms with Crippen LogP contribution in [0.2, 0.25) is 0 Å². The molecule has 0 aliphatic carbocycles. The molecule has 0 bridgehead atoms. The summed E-state index contributed by atoms with van der Waals surface area (Å²) in [6, 6.07) is 20.9. The molecule has 4 aromatic rings. The highest BCUT2D eigenvalue weighted by atomic mass is 16.2. The molecule has 0 aliphatic heterocycles. The van der Waals surface area contributed by atoms with E-state index in [4.69, 9.17) is 0 Å². The molecule has 0 radical (unpaired) electrons. The second-order valence-corrected chi connectivity index (χ2v) is 7.70. The largest absolute Gasteiger partial charge is 0.354 e. The van der Waals surface area contributed by atoms with Crippen LogP contribution < -0.4 is 16.4 Å². The lowest BCUT2D eigenvalue weighted by molar-refractivity contribution is -0.121. The van der Waals surface area contributed by atoms with Crippen molar-refractivity contribution in [1.82, 2.24) is 19.4 Å². The number of rotatable bonds is 7. The molecule has 1 N–H and O–H groups in total. The Kier molecular flexibility index (Phi) is 6.26. The first kappa shape index (κ1) is 21.2. The van der Waals surface area contributed by atoms with Gasteiger partial charge in [0.25, 0.3) is 0 Å². The average Bonchev–Trinajstić information content (AvgIpc) is 2.81. The zero-order valence-electron chi connectivity index (χ0n) is 17.8. The predicted molar refractivity (Wildman–Crippen MR) is 124 cm³/mol. The number of carbonyl (C=O) groups excluding carboxylic acids is 1. The number of aryl methyl sites for hydroxylation is 1. The number of hydrogen-bond acceptors (Lipinski definition) is 4. The van der Waals surface area contributed by atoms with Gasteiger partial charge in [-0.15, -0.1) is 0 Å². The summed E-state index contributed by atoms with van der Waals surface area (Å²) >= 11 is 0. The molecule has 2 heterocycles. The van der Waals surface area contributed by atoms with Crippen LogP contribution in [-0.4, -0.2) is 26.6 Å². The number of aromatic nitrogens is 3. The Morgan fingerprint density at radius 2 is 1.59 bits per heavy atom. The Labute approximate surface area is 185 Å². The van der Waals surface area contributed by atoms with Gasteiger partial charge in [-0.3, -0.25) is 23.5 Å². The Balaban J connectivity index is 1.56. The standard InChI is InChI=1S/C25H24N4O3/c1-18-9-11-19(12-10-18)13-15-26-22(30)17-28-21-8-5-14-27-23(21)29(25(32)24(28)31)16-20-6-3-2-4-7-20/h2-12,14H,13,15-17H2,1H3,(H,26,30). The van der Waals surface area contributed by atoms with Gasteiger partial charge in [0.1, 0.15) is 6.54 Å². The number of nitrogens with one attached hydrogen (secondary N) is 1. The van der Waals surface area contributed by atoms with Crippen LogP contribution in [0, 0.1) is 6.92 Å². The highest BCUT2D eigenvalue weighted by Gasteiger charge is 2.16. The molecule has 2 aromatic heterocycles. The second kappa shape index (κ2) is 9.43. The Morgan fingerprint density at radius 3 is 2.34 bits per heavy atom. The first-order valence-corrected chi connectivity index (χ1v) is 10.5. The van der Waals surface area contributed by atoms with E-state index in [0.717, 1.165) is 11.1 Å². The quantitative estimate of drug-likeness (QED) is 0.458. The maximum atomic E-state index is 12.9. The summed E-state index contributed by atoms with van der Waals surface area (Å²) in [4.78, 5) is 42.6. The van der Waals surface area contributed by atoms with Crippen LogP contribution in [0.3, 0.4) is 0 Å². The summed E-state index contributed by atoms with van der Waals surface area (Å²) in [5.41, 5.74) is 2.55. The third-order valence-corrected chi connectivity index (χ3v) is 5.33. The molecular weight excluding hydrogens is 404 g/mol. The number of fused-ring (bicyclic) bond motifs is 1. The van der Waals surface area contributed by atoms with Gasteiger partial charge in [-0.2, -0.15) is 0 Å². The lowest BCUT2D eigenvalue weighted by atomic mass is 10.1. The van der Waals surface area contributed by atoms with Crippen molar-refractivity contribution in [2.75, 3.05) is 6.54 Å². The van der Waals surface area contributed by atoms with Crippen LogP contribution in [0.25, 0.3) is 11.2 Å². The van der Waals surface area contributed by atoms with Crippen LogP contribution in [0.4, 0.5) is 0 Å². The van der Waals surface area contributed by atoms with Crippen molar-refractivity contribution >= 4 is 17.1 Å². The lowest BCUT2D eigenvalue weighted by Crippen LogP contribution is -2.44. The summed E-state index contributed by atoms with van der Waals surface area (Å²) in [5, 5.41) is 2.83. The summed E-state index contributed by atoms with van der Waals surface area (Å²) in [5.74, 6) is -0.329. The highest BCUT2D eigenvalue weighted by molar-refractivity contribution is 5.78. The molecule has 1 amide bonds. The van der Waals surface area contributed by atoms with E-state index < -0.39 is 11.1 Å². The van der Waals surface area contributed by atoms with E-state index >= 15 is 0 Å². The van der Waals surface area contributed by atoms with Gasteiger partial charge in [-0.25, -0.2) is 4.98 Å². The SMILES string of the molecule is Cc1ccc(CCNC(=O)Cn2c(=O)c(=O)n(Cc3ccccc3)c3ncccc32)cc1. The van der Waals surface area contributed by atoms with Crippen molar-refractivity contribution < 1.29 is 4.79 Å². The van der Waals surface area contributed by atoms with E-state index in [9.17, 15) is 14.4 Å². The number of hydrogen-bond donors (Lipinski definition) is 1. The van der Waals surface area contributed by atoms with Gasteiger partial charge in [0, 0.05) is 12.7 Å². The number of nitrogens with zero attached hydrogens (tertiary/aromatic N) is 3. The van der Waals surface area contributed by atoms with Crippen molar-refractivity contribution in [1.29, 1.82) is 0 Å². The molecule has 0 unspecified atom stereocenters. The summed E-state index contributed by atoms with van der Waals surface area (Å²) in [6.45, 7) is 2.45. The van der Waals surface area contributed by atoms with Crippen LogP contribution in [-0.2, 0) is 24.3 Å². The molecule has 32 heavy (non-hydrogen) atoms. The third kappa shape index (κ3) is 4.67. The lowest BCUT2D eigenvalue weighted by Gasteiger charge is -2.14. The Morgan fingerprint density at radius 1 is 0.875 bits per heavy atom. The molecule has 7 heteroatoms. The first-order valence-electron chi connectivity index (χ1n) is 10.5. The molecule has 2 aromatic carbocycles. The van der Waals surface area contributed by atoms with Crippen molar-refractivity contribution in [3.63, 3.8) is 0 Å². The molecule has 162 valence electrons. The summed E-state index contributed by atoms with van der Waals surface area (Å²) in [7, 11) is 0. The van der Waals surface area contributed by atoms with Crippen molar-refractivity contribution in [3.8, 4) is 0 Å². The smallest absolute Gasteiger partial charge is 0.318 e. The fourth-order valence-electron chi connectivity index (χ4n) is 3.61. The number of amides is 1. The van der Waals surface area contributed by atoms with Crippen LogP contribution in [0.15, 0.2) is 82.5 Å². The molecule has 0 saturated carbocycles. The van der Waals surface area contributed by atoms with E-state index in [2.05, 4.69) is 10.3 Å². The molecule has 0 atom stereocenters. The molecule has 0 saturated heterocycles. The fraction of sp³-hybridized carbons (Fsp3) is 0.200. The average molecular weight is 428 g/mol. The van der Waals surface area contributed by atoms with Crippen LogP contribution in [0.5, 0.6) is 0 Å². The van der Waals surface area contributed by atoms with Crippen molar-refractivity contribution in [2.24, 2.45) is 0 Å². The van der Waals surface area contributed by atoms with Crippen LogP contribution >= 0.6 is 0 Å². The van der Waals surface area contributed by atoms with Crippen molar-refractivity contribution in [3.05, 3.63) is 110 Å². The normalized spacial score (nSPS) is 10.9. The van der Waals surface area contributed by atoms with Gasteiger partial charge in [0.2, 0.25) is 5.91 Å². The van der Waals surface area contributed by atoms with Gasteiger partial charge in [-0.1, -0.05) is 60.2 Å². The van der Waals surface area contributed by atoms with Crippen LogP contribution in [0.1, 0.15) is 16.7 Å². The topological polar surface area (TPSA) is 86.0 Å². The molecule has 0 fully saturated rings. The molecule has 0 aliphatic rings.